The van der Waals surface area contributed by atoms with Crippen LogP contribution in [0.2, 0.25) is 0 Å². The Labute approximate surface area is 155 Å². The molecule has 26 heavy (non-hydrogen) atoms. The van der Waals surface area contributed by atoms with Crippen LogP contribution in [0.3, 0.4) is 0 Å². The number of amides is 1. The number of nitrogens with zero attached hydrogens (tertiary/aromatic N) is 1. The number of aryl methyl sites for hydroxylation is 1. The molecule has 0 spiro atoms. The highest BCUT2D eigenvalue weighted by Gasteiger charge is 2.20. The molecular formula is C19H27N3O3S. The molecule has 1 fully saturated rings. The zero-order chi connectivity index (χ0) is 18.6. The molecule has 1 aliphatic carbocycles. The second kappa shape index (κ2) is 8.22. The molecule has 2 aromatic rings. The van der Waals surface area contributed by atoms with E-state index in [4.69, 9.17) is 0 Å². The lowest BCUT2D eigenvalue weighted by Gasteiger charge is -2.22. The Morgan fingerprint density at radius 2 is 1.92 bits per heavy atom. The third-order valence-electron chi connectivity index (χ3n) is 4.96. The minimum Gasteiger partial charge on any atom is -0.353 e. The number of aromatic nitrogens is 1. The van der Waals surface area contributed by atoms with Gasteiger partial charge in [-0.2, -0.15) is 0 Å². The summed E-state index contributed by atoms with van der Waals surface area (Å²) in [6.45, 7) is 2.28. The lowest BCUT2D eigenvalue weighted by Crippen LogP contribution is -2.41. The Kier molecular flexibility index (Phi) is 5.98. The smallest absolute Gasteiger partial charge is 0.239 e. The molecule has 7 heteroatoms. The van der Waals surface area contributed by atoms with Crippen LogP contribution in [0, 0.1) is 6.92 Å². The van der Waals surface area contributed by atoms with Gasteiger partial charge in [0.25, 0.3) is 0 Å². The van der Waals surface area contributed by atoms with E-state index in [9.17, 15) is 13.2 Å². The number of rotatable bonds is 7. The maximum Gasteiger partial charge on any atom is 0.239 e. The predicted octanol–water partition coefficient (Wildman–Crippen LogP) is 2.32. The van der Waals surface area contributed by atoms with Crippen molar-refractivity contribution in [3.63, 3.8) is 0 Å². The van der Waals surface area contributed by atoms with Gasteiger partial charge >= 0.3 is 0 Å². The van der Waals surface area contributed by atoms with Crippen molar-refractivity contribution < 1.29 is 13.2 Å². The maximum atomic E-state index is 12.2. The number of hydrogen-bond donors (Lipinski definition) is 2. The molecule has 1 heterocycles. The first kappa shape index (κ1) is 18.9. The molecule has 1 aromatic carbocycles. The second-order valence-electron chi connectivity index (χ2n) is 7.05. The highest BCUT2D eigenvalue weighted by molar-refractivity contribution is 7.89. The molecular weight excluding hydrogens is 350 g/mol. The van der Waals surface area contributed by atoms with Crippen molar-refractivity contribution in [3.8, 4) is 0 Å². The quantitative estimate of drug-likeness (QED) is 0.777. The predicted molar refractivity (Wildman–Crippen MR) is 103 cm³/mol. The minimum atomic E-state index is -3.35. The summed E-state index contributed by atoms with van der Waals surface area (Å²) in [5, 5.41) is 3.82. The average molecular weight is 378 g/mol. The van der Waals surface area contributed by atoms with Gasteiger partial charge in [-0.1, -0.05) is 37.5 Å². The van der Waals surface area contributed by atoms with Crippen LogP contribution in [0.25, 0.3) is 10.9 Å². The molecule has 1 aromatic heterocycles. The van der Waals surface area contributed by atoms with Gasteiger partial charge in [0.1, 0.15) is 6.54 Å². The van der Waals surface area contributed by atoms with E-state index in [-0.39, 0.29) is 30.8 Å². The Hall–Kier alpha value is -1.86. The normalized spacial score (nSPS) is 16.0. The van der Waals surface area contributed by atoms with Crippen molar-refractivity contribution >= 4 is 26.8 Å². The van der Waals surface area contributed by atoms with Gasteiger partial charge in [0.2, 0.25) is 15.9 Å². The van der Waals surface area contributed by atoms with Gasteiger partial charge < -0.3 is 9.88 Å². The maximum absolute atomic E-state index is 12.2. The van der Waals surface area contributed by atoms with E-state index in [1.54, 1.807) is 0 Å². The third-order valence-corrected chi connectivity index (χ3v) is 6.40. The van der Waals surface area contributed by atoms with Crippen molar-refractivity contribution in [1.29, 1.82) is 0 Å². The number of nitrogens with one attached hydrogen (secondary N) is 2. The van der Waals surface area contributed by atoms with Crippen LogP contribution < -0.4 is 10.0 Å². The van der Waals surface area contributed by atoms with E-state index in [1.807, 2.05) is 41.8 Å². The Morgan fingerprint density at radius 1 is 1.19 bits per heavy atom. The molecule has 0 aliphatic heterocycles. The zero-order valence-electron chi connectivity index (χ0n) is 15.2. The van der Waals surface area contributed by atoms with Gasteiger partial charge in [-0.15, -0.1) is 0 Å². The molecule has 1 amide bonds. The van der Waals surface area contributed by atoms with Gasteiger partial charge in [-0.05, 0) is 37.3 Å². The van der Waals surface area contributed by atoms with E-state index in [1.165, 1.54) is 6.42 Å². The fourth-order valence-corrected chi connectivity index (χ4v) is 4.85. The van der Waals surface area contributed by atoms with Crippen LogP contribution in [0.5, 0.6) is 0 Å². The molecule has 2 N–H and O–H groups in total. The molecule has 1 saturated carbocycles. The molecule has 142 valence electrons. The van der Waals surface area contributed by atoms with Gasteiger partial charge in [0.15, 0.2) is 0 Å². The lowest BCUT2D eigenvalue weighted by atomic mass is 9.96. The number of carbonyl (C=O) groups is 1. The van der Waals surface area contributed by atoms with Crippen LogP contribution >= 0.6 is 0 Å². The highest BCUT2D eigenvalue weighted by atomic mass is 32.2. The number of benzene rings is 1. The number of hydrogen-bond acceptors (Lipinski definition) is 3. The van der Waals surface area contributed by atoms with Crippen molar-refractivity contribution in [2.24, 2.45) is 0 Å². The van der Waals surface area contributed by atoms with E-state index in [0.717, 1.165) is 42.3 Å². The molecule has 3 rings (SSSR count). The third kappa shape index (κ3) is 4.86. The molecule has 0 atom stereocenters. The van der Waals surface area contributed by atoms with E-state index >= 15 is 0 Å². The van der Waals surface area contributed by atoms with Gasteiger partial charge in [-0.25, -0.2) is 13.1 Å². The fourth-order valence-electron chi connectivity index (χ4n) is 3.62. The van der Waals surface area contributed by atoms with E-state index in [0.29, 0.717) is 0 Å². The van der Waals surface area contributed by atoms with Crippen molar-refractivity contribution in [1.82, 2.24) is 14.6 Å². The zero-order valence-corrected chi connectivity index (χ0v) is 16.0. The average Bonchev–Trinajstić information content (AvgIpc) is 2.91. The first-order valence-corrected chi connectivity index (χ1v) is 10.9. The van der Waals surface area contributed by atoms with Gasteiger partial charge in [0, 0.05) is 23.8 Å². The molecule has 0 bridgehead atoms. The van der Waals surface area contributed by atoms with Crippen LogP contribution in [-0.2, 0) is 21.4 Å². The molecule has 6 nitrogen and oxygen atoms in total. The summed E-state index contributed by atoms with van der Waals surface area (Å²) in [5.74, 6) is -0.261. The van der Waals surface area contributed by atoms with Crippen LogP contribution in [0.4, 0.5) is 0 Å². The summed E-state index contributed by atoms with van der Waals surface area (Å²) in [6, 6.07) is 10.0. The van der Waals surface area contributed by atoms with E-state index in [2.05, 4.69) is 10.0 Å². The van der Waals surface area contributed by atoms with E-state index < -0.39 is 10.0 Å². The Morgan fingerprint density at radius 3 is 2.69 bits per heavy atom. The summed E-state index contributed by atoms with van der Waals surface area (Å²) in [6.07, 6.45) is 5.15. The molecule has 0 unspecified atom stereocenters. The van der Waals surface area contributed by atoms with Crippen molar-refractivity contribution in [2.75, 3.05) is 12.3 Å². The summed E-state index contributed by atoms with van der Waals surface area (Å²) >= 11 is 0. The van der Waals surface area contributed by atoms with Crippen LogP contribution in [-0.4, -0.2) is 37.2 Å². The minimum absolute atomic E-state index is 0.0540. The van der Waals surface area contributed by atoms with Crippen molar-refractivity contribution in [3.05, 3.63) is 36.0 Å². The van der Waals surface area contributed by atoms with Gasteiger partial charge in [0.05, 0.1) is 5.75 Å². The largest absolute Gasteiger partial charge is 0.353 e. The monoisotopic (exact) mass is 377 g/mol. The topological polar surface area (TPSA) is 80.2 Å². The molecule has 0 radical (unpaired) electrons. The number of carbonyl (C=O) groups excluding carboxylic acids is 1. The highest BCUT2D eigenvalue weighted by Crippen LogP contribution is 2.19. The Bertz CT molecular complexity index is 867. The number of sulfonamides is 1. The number of para-hydroxylation sites is 1. The lowest BCUT2D eigenvalue weighted by molar-refractivity contribution is -0.121. The standard InChI is InChI=1S/C19H27N3O3S/c1-15-13-16-7-5-6-10-18(16)22(15)14-19(23)20-11-12-26(24,25)21-17-8-3-2-4-9-17/h5-7,10,13,17,21H,2-4,8-9,11-12,14H2,1H3,(H,20,23). The summed E-state index contributed by atoms with van der Waals surface area (Å²) in [4.78, 5) is 12.2. The molecule has 1 aliphatic rings. The first-order valence-electron chi connectivity index (χ1n) is 9.26. The Balaban J connectivity index is 1.50. The van der Waals surface area contributed by atoms with Crippen molar-refractivity contribution in [2.45, 2.75) is 51.6 Å². The number of fused-ring (bicyclic) bond motifs is 1. The van der Waals surface area contributed by atoms with Crippen LogP contribution in [0.1, 0.15) is 37.8 Å². The summed E-state index contributed by atoms with van der Waals surface area (Å²) in [5.41, 5.74) is 2.01. The summed E-state index contributed by atoms with van der Waals surface area (Å²) < 4.78 is 29.0. The van der Waals surface area contributed by atoms with Crippen LogP contribution in [0.15, 0.2) is 30.3 Å². The van der Waals surface area contributed by atoms with Gasteiger partial charge in [-0.3, -0.25) is 4.79 Å². The fraction of sp³-hybridized carbons (Fsp3) is 0.526. The second-order valence-corrected chi connectivity index (χ2v) is 8.93. The molecule has 0 saturated heterocycles. The first-order chi connectivity index (χ1) is 12.4. The summed E-state index contributed by atoms with van der Waals surface area (Å²) in [7, 11) is -3.35. The SMILES string of the molecule is Cc1cc2ccccc2n1CC(=O)NCCS(=O)(=O)NC1CCCCC1.